The van der Waals surface area contributed by atoms with Crippen molar-refractivity contribution in [3.05, 3.63) is 53.3 Å². The highest BCUT2D eigenvalue weighted by molar-refractivity contribution is 5.93. The monoisotopic (exact) mass is 352 g/mol. The van der Waals surface area contributed by atoms with Crippen molar-refractivity contribution < 1.29 is 14.6 Å². The Balaban J connectivity index is 1.80. The van der Waals surface area contributed by atoms with Crippen molar-refractivity contribution in [2.75, 3.05) is 25.5 Å². The average molecular weight is 352 g/mol. The van der Waals surface area contributed by atoms with Crippen molar-refractivity contribution in [3.8, 4) is 0 Å². The molecule has 1 fully saturated rings. The van der Waals surface area contributed by atoms with Crippen molar-refractivity contribution in [2.45, 2.75) is 36.8 Å². The lowest BCUT2D eigenvalue weighted by atomic mass is 9.60. The third kappa shape index (κ3) is 1.85. The lowest BCUT2D eigenvalue weighted by molar-refractivity contribution is -0.137. The topological polar surface area (TPSA) is 61.8 Å². The normalized spacial score (nSPS) is 37.5. The second-order valence-electron chi connectivity index (χ2n) is 8.12. The molecule has 1 spiro atoms. The number of aliphatic hydroxyl groups is 1. The first-order chi connectivity index (χ1) is 12.5. The second-order valence-corrected chi connectivity index (χ2v) is 8.12. The van der Waals surface area contributed by atoms with E-state index in [0.717, 1.165) is 30.9 Å². The number of carbonyl (C=O) groups is 1. The number of ether oxygens (including phenoxy) is 1. The van der Waals surface area contributed by atoms with Crippen LogP contribution in [0, 0.1) is 5.92 Å². The van der Waals surface area contributed by atoms with E-state index in [9.17, 15) is 9.90 Å². The van der Waals surface area contributed by atoms with Crippen molar-refractivity contribution in [3.63, 3.8) is 0 Å². The van der Waals surface area contributed by atoms with Crippen LogP contribution in [0.2, 0.25) is 0 Å². The van der Waals surface area contributed by atoms with E-state index >= 15 is 0 Å². The molecule has 5 rings (SSSR count). The minimum absolute atomic E-state index is 0.0606. The van der Waals surface area contributed by atoms with Crippen LogP contribution in [0.1, 0.15) is 25.3 Å². The maximum absolute atomic E-state index is 12.7. The average Bonchev–Trinajstić information content (AvgIpc) is 3.13. The Kier molecular flexibility index (Phi) is 3.22. The first-order valence-corrected chi connectivity index (χ1v) is 9.31. The van der Waals surface area contributed by atoms with Crippen LogP contribution in [0.4, 0.5) is 5.69 Å². The van der Waals surface area contributed by atoms with Crippen LogP contribution < -0.4 is 5.32 Å². The SMILES string of the molecule is COC(=O)C1=C2Nc3ccccc3[C@@]23CCN2CC=C[C@](C)(O)[C@H](C1)[C@H]23. The molecular formula is C21H24N2O3. The number of methoxy groups -OCH3 is 1. The van der Waals surface area contributed by atoms with E-state index in [1.54, 1.807) is 0 Å². The summed E-state index contributed by atoms with van der Waals surface area (Å²) >= 11 is 0. The molecule has 2 N–H and O–H groups in total. The number of rotatable bonds is 1. The molecule has 136 valence electrons. The highest BCUT2D eigenvalue weighted by atomic mass is 16.5. The van der Waals surface area contributed by atoms with Gasteiger partial charge in [-0.3, -0.25) is 4.90 Å². The van der Waals surface area contributed by atoms with E-state index in [1.807, 2.05) is 19.1 Å². The molecule has 1 aromatic carbocycles. The number of anilines is 1. The Hall–Kier alpha value is -2.11. The third-order valence-electron chi connectivity index (χ3n) is 6.89. The van der Waals surface area contributed by atoms with Crippen molar-refractivity contribution in [2.24, 2.45) is 5.92 Å². The molecule has 3 heterocycles. The maximum Gasteiger partial charge on any atom is 0.335 e. The van der Waals surface area contributed by atoms with E-state index in [1.165, 1.54) is 12.7 Å². The minimum atomic E-state index is -0.959. The number of hydrogen-bond donors (Lipinski definition) is 2. The predicted molar refractivity (Wildman–Crippen MR) is 98.6 cm³/mol. The second kappa shape index (κ2) is 5.21. The van der Waals surface area contributed by atoms with Gasteiger partial charge in [0.2, 0.25) is 0 Å². The molecule has 0 bridgehead atoms. The Labute approximate surface area is 153 Å². The quantitative estimate of drug-likeness (QED) is 0.599. The van der Waals surface area contributed by atoms with Crippen LogP contribution in [0.25, 0.3) is 0 Å². The molecule has 0 aromatic heterocycles. The zero-order chi connectivity index (χ0) is 18.1. The lowest BCUT2D eigenvalue weighted by Crippen LogP contribution is -2.56. The van der Waals surface area contributed by atoms with Crippen LogP contribution in [0.3, 0.4) is 0 Å². The van der Waals surface area contributed by atoms with Gasteiger partial charge in [-0.1, -0.05) is 30.4 Å². The Morgan fingerprint density at radius 1 is 1.38 bits per heavy atom. The summed E-state index contributed by atoms with van der Waals surface area (Å²) in [6.45, 7) is 3.66. The smallest absolute Gasteiger partial charge is 0.335 e. The molecule has 0 saturated carbocycles. The summed E-state index contributed by atoms with van der Waals surface area (Å²) in [4.78, 5) is 15.1. The highest BCUT2D eigenvalue weighted by Crippen LogP contribution is 2.60. The summed E-state index contributed by atoms with van der Waals surface area (Å²) in [5.41, 5.74) is 2.75. The van der Waals surface area contributed by atoms with Gasteiger partial charge in [0, 0.05) is 36.4 Å². The van der Waals surface area contributed by atoms with Gasteiger partial charge in [-0.2, -0.15) is 0 Å². The molecule has 3 aliphatic heterocycles. The molecule has 0 radical (unpaired) electrons. The van der Waals surface area contributed by atoms with E-state index in [0.29, 0.717) is 12.0 Å². The Morgan fingerprint density at radius 2 is 2.19 bits per heavy atom. The largest absolute Gasteiger partial charge is 0.466 e. The van der Waals surface area contributed by atoms with Crippen LogP contribution in [0.5, 0.6) is 0 Å². The summed E-state index contributed by atoms with van der Waals surface area (Å²) in [6.07, 6.45) is 5.45. The summed E-state index contributed by atoms with van der Waals surface area (Å²) in [6, 6.07) is 8.49. The molecule has 1 saturated heterocycles. The molecule has 1 aromatic rings. The number of fused-ring (bicyclic) bond motifs is 1. The summed E-state index contributed by atoms with van der Waals surface area (Å²) < 4.78 is 5.13. The van der Waals surface area contributed by atoms with Crippen LogP contribution in [-0.4, -0.2) is 47.8 Å². The summed E-state index contributed by atoms with van der Waals surface area (Å²) in [5.74, 6) is -0.352. The summed E-state index contributed by atoms with van der Waals surface area (Å²) in [5, 5.41) is 14.8. The number of benzene rings is 1. The molecule has 4 aliphatic rings. The third-order valence-corrected chi connectivity index (χ3v) is 6.89. The van der Waals surface area contributed by atoms with Gasteiger partial charge in [0.25, 0.3) is 0 Å². The fraction of sp³-hybridized carbons (Fsp3) is 0.476. The summed E-state index contributed by atoms with van der Waals surface area (Å²) in [7, 11) is 1.43. The Morgan fingerprint density at radius 3 is 3.00 bits per heavy atom. The fourth-order valence-corrected chi connectivity index (χ4v) is 5.81. The van der Waals surface area contributed by atoms with Gasteiger partial charge >= 0.3 is 5.97 Å². The van der Waals surface area contributed by atoms with E-state index in [2.05, 4.69) is 34.5 Å². The molecular weight excluding hydrogens is 328 g/mol. The first-order valence-electron chi connectivity index (χ1n) is 9.31. The van der Waals surface area contributed by atoms with Gasteiger partial charge in [-0.05, 0) is 31.4 Å². The van der Waals surface area contributed by atoms with Gasteiger partial charge in [0.15, 0.2) is 0 Å². The molecule has 0 unspecified atom stereocenters. The van der Waals surface area contributed by atoms with Gasteiger partial charge in [-0.15, -0.1) is 0 Å². The molecule has 5 heteroatoms. The van der Waals surface area contributed by atoms with Crippen molar-refractivity contribution >= 4 is 11.7 Å². The van der Waals surface area contributed by atoms with E-state index < -0.39 is 5.60 Å². The predicted octanol–water partition coefficient (Wildman–Crippen LogP) is 2.19. The van der Waals surface area contributed by atoms with Crippen molar-refractivity contribution in [1.29, 1.82) is 0 Å². The van der Waals surface area contributed by atoms with Gasteiger partial charge < -0.3 is 15.2 Å². The number of hydrogen-bond acceptors (Lipinski definition) is 5. The first kappa shape index (κ1) is 16.1. The number of nitrogens with zero attached hydrogens (tertiary/aromatic N) is 1. The van der Waals surface area contributed by atoms with Crippen molar-refractivity contribution in [1.82, 2.24) is 4.90 Å². The Bertz CT molecular complexity index is 857. The molecule has 26 heavy (non-hydrogen) atoms. The fourth-order valence-electron chi connectivity index (χ4n) is 5.81. The van der Waals surface area contributed by atoms with Crippen LogP contribution in [-0.2, 0) is 14.9 Å². The zero-order valence-electron chi connectivity index (χ0n) is 15.2. The van der Waals surface area contributed by atoms with E-state index in [-0.39, 0.29) is 23.3 Å². The maximum atomic E-state index is 12.7. The van der Waals surface area contributed by atoms with Crippen LogP contribution >= 0.6 is 0 Å². The molecule has 0 amide bonds. The lowest BCUT2D eigenvalue weighted by Gasteiger charge is -2.48. The highest BCUT2D eigenvalue weighted by Gasteiger charge is 2.63. The van der Waals surface area contributed by atoms with E-state index in [4.69, 9.17) is 4.74 Å². The number of para-hydroxylation sites is 1. The molecule has 4 atom stereocenters. The number of nitrogens with one attached hydrogen (secondary N) is 1. The standard InChI is InChI=1S/C21H24N2O3/c1-20(25)8-5-10-23-11-9-21-14-6-3-4-7-16(14)22-17(21)13(19(24)26-2)12-15(20)18(21)23/h3-8,15,18,22,25H,9-12H2,1-2H3/t15-,18+,20+,21+/m1/s1. The number of esters is 1. The zero-order valence-corrected chi connectivity index (χ0v) is 15.2. The number of carbonyl (C=O) groups excluding carboxylic acids is 1. The van der Waals surface area contributed by atoms with Gasteiger partial charge in [0.1, 0.15) is 0 Å². The molecule has 5 nitrogen and oxygen atoms in total. The van der Waals surface area contributed by atoms with Gasteiger partial charge in [-0.25, -0.2) is 4.79 Å². The minimum Gasteiger partial charge on any atom is -0.466 e. The molecule has 1 aliphatic carbocycles. The van der Waals surface area contributed by atoms with Gasteiger partial charge in [0.05, 0.1) is 23.7 Å². The van der Waals surface area contributed by atoms with Crippen LogP contribution in [0.15, 0.2) is 47.7 Å².